The number of methoxy groups -OCH3 is 1. The highest BCUT2D eigenvalue weighted by atomic mass is 16.5. The van der Waals surface area contributed by atoms with Gasteiger partial charge in [-0.3, -0.25) is 4.79 Å². The fourth-order valence-electron chi connectivity index (χ4n) is 11.9. The quantitative estimate of drug-likeness (QED) is 0.290. The molecular weight excluding hydrogens is 520 g/mol. The van der Waals surface area contributed by atoms with E-state index in [0.29, 0.717) is 23.3 Å². The maximum Gasteiger partial charge on any atom is 0.337 e. The first-order valence-corrected chi connectivity index (χ1v) is 16.4. The lowest BCUT2D eigenvalue weighted by molar-refractivity contribution is -0.162. The minimum atomic E-state index is -0.582. The summed E-state index contributed by atoms with van der Waals surface area (Å²) in [5, 5.41) is 10.2. The molecule has 1 aromatic carbocycles. The second-order valence-corrected chi connectivity index (χ2v) is 16.7. The van der Waals surface area contributed by atoms with E-state index in [4.69, 9.17) is 4.74 Å². The summed E-state index contributed by atoms with van der Waals surface area (Å²) in [5.41, 5.74) is 5.45. The van der Waals surface area contributed by atoms with E-state index in [1.54, 1.807) is 5.57 Å². The Morgan fingerprint density at radius 1 is 0.881 bits per heavy atom. The second-order valence-electron chi connectivity index (χ2n) is 16.7. The summed E-state index contributed by atoms with van der Waals surface area (Å²) in [6, 6.07) is 7.99. The lowest BCUT2D eigenvalue weighted by atomic mass is 9.34. The van der Waals surface area contributed by atoms with Gasteiger partial charge in [-0.1, -0.05) is 78.3 Å². The van der Waals surface area contributed by atoms with Crippen molar-refractivity contribution in [2.75, 3.05) is 7.11 Å². The number of allylic oxidation sites excluding steroid dienone is 4. The molecule has 1 N–H and O–H groups in total. The molecule has 0 saturated heterocycles. The molecule has 5 aliphatic rings. The van der Waals surface area contributed by atoms with Gasteiger partial charge in [-0.25, -0.2) is 4.79 Å². The minimum Gasteiger partial charge on any atom is -0.481 e. The van der Waals surface area contributed by atoms with Crippen molar-refractivity contribution >= 4 is 17.5 Å². The van der Waals surface area contributed by atoms with Gasteiger partial charge in [0.15, 0.2) is 0 Å². The summed E-state index contributed by atoms with van der Waals surface area (Å²) in [4.78, 5) is 24.5. The van der Waals surface area contributed by atoms with Crippen LogP contribution in [0.4, 0.5) is 0 Å². The summed E-state index contributed by atoms with van der Waals surface area (Å²) in [5.74, 6) is 0.767. The smallest absolute Gasteiger partial charge is 0.337 e. The van der Waals surface area contributed by atoms with Crippen molar-refractivity contribution in [2.45, 2.75) is 99.8 Å². The highest BCUT2D eigenvalue weighted by Crippen LogP contribution is 2.75. The highest BCUT2D eigenvalue weighted by Gasteiger charge is 2.66. The Labute approximate surface area is 253 Å². The molecule has 8 atom stereocenters. The zero-order valence-electron chi connectivity index (χ0n) is 27.2. The van der Waals surface area contributed by atoms with E-state index in [-0.39, 0.29) is 44.9 Å². The fourth-order valence-corrected chi connectivity index (χ4v) is 11.9. The monoisotopic (exact) mass is 572 g/mol. The predicted octanol–water partition coefficient (Wildman–Crippen LogP) is 9.21. The summed E-state index contributed by atoms with van der Waals surface area (Å²) in [7, 11) is 1.43. The van der Waals surface area contributed by atoms with Crippen LogP contribution in [0.5, 0.6) is 0 Å². The largest absolute Gasteiger partial charge is 0.481 e. The summed E-state index contributed by atoms with van der Waals surface area (Å²) in [6.07, 6.45) is 13.9. The van der Waals surface area contributed by atoms with Gasteiger partial charge in [0.25, 0.3) is 0 Å². The van der Waals surface area contributed by atoms with Crippen LogP contribution in [0.3, 0.4) is 0 Å². The molecule has 0 unspecified atom stereocenters. The molecule has 0 spiro atoms. The average molecular weight is 573 g/mol. The zero-order valence-corrected chi connectivity index (χ0v) is 27.2. The molecule has 3 saturated carbocycles. The molecule has 1 aromatic rings. The molecule has 0 aromatic heterocycles. The van der Waals surface area contributed by atoms with Gasteiger partial charge in [0.2, 0.25) is 0 Å². The highest BCUT2D eigenvalue weighted by molar-refractivity contribution is 5.90. The van der Waals surface area contributed by atoms with Crippen molar-refractivity contribution in [1.82, 2.24) is 0 Å². The standard InChI is InChI=1S/C38H52O4/c1-34(2)21-26-25(27(22-34)32(39)40)15-19-37(6)29(26)13-14-31-36(5)18-16-28(23-9-11-24(12-10-23)33(41)42-8)35(3,4)30(36)17-20-38(31,37)7/h9-13,16,25-27,30-31H,14-15,17-22H2,1-8H3,(H,39,40)/t25-,26-,27+,30-,31+,36-,37+,38+/m0/s1. The van der Waals surface area contributed by atoms with Crippen LogP contribution in [0.2, 0.25) is 0 Å². The third-order valence-corrected chi connectivity index (χ3v) is 14.0. The molecule has 42 heavy (non-hydrogen) atoms. The van der Waals surface area contributed by atoms with E-state index in [0.717, 1.165) is 38.5 Å². The summed E-state index contributed by atoms with van der Waals surface area (Å²) in [6.45, 7) is 17.3. The Morgan fingerprint density at radius 3 is 2.21 bits per heavy atom. The normalized spacial score (nSPS) is 41.6. The van der Waals surface area contributed by atoms with Crippen LogP contribution in [0, 0.1) is 56.7 Å². The van der Waals surface area contributed by atoms with Gasteiger partial charge in [0, 0.05) is 0 Å². The van der Waals surface area contributed by atoms with Crippen molar-refractivity contribution in [2.24, 2.45) is 56.7 Å². The lowest BCUT2D eigenvalue weighted by Crippen LogP contribution is -2.62. The third kappa shape index (κ3) is 4.05. The van der Waals surface area contributed by atoms with E-state index < -0.39 is 5.97 Å². The Kier molecular flexibility index (Phi) is 6.77. The van der Waals surface area contributed by atoms with Crippen molar-refractivity contribution < 1.29 is 19.4 Å². The number of benzene rings is 1. The first kappa shape index (κ1) is 29.7. The van der Waals surface area contributed by atoms with Gasteiger partial charge in [-0.2, -0.15) is 0 Å². The number of carbonyl (C=O) groups excluding carboxylic acids is 1. The number of rotatable bonds is 3. The van der Waals surface area contributed by atoms with Crippen molar-refractivity contribution in [3.8, 4) is 0 Å². The molecule has 4 heteroatoms. The molecule has 5 aliphatic carbocycles. The number of hydrogen-bond donors (Lipinski definition) is 1. The number of ether oxygens (including phenoxy) is 1. The van der Waals surface area contributed by atoms with Gasteiger partial charge in [0.1, 0.15) is 0 Å². The van der Waals surface area contributed by atoms with E-state index in [1.165, 1.54) is 31.1 Å². The first-order valence-electron chi connectivity index (χ1n) is 16.4. The maximum atomic E-state index is 12.4. The van der Waals surface area contributed by atoms with Crippen LogP contribution < -0.4 is 0 Å². The van der Waals surface area contributed by atoms with E-state index in [9.17, 15) is 14.7 Å². The summed E-state index contributed by atoms with van der Waals surface area (Å²) >= 11 is 0. The average Bonchev–Trinajstić information content (AvgIpc) is 2.92. The van der Waals surface area contributed by atoms with E-state index in [1.807, 2.05) is 12.1 Å². The number of carboxylic acid groups (broad SMARTS) is 1. The Balaban J connectivity index is 1.36. The number of carbonyl (C=O) groups is 2. The number of fused-ring (bicyclic) bond motifs is 7. The fraction of sp³-hybridized carbons (Fsp3) is 0.684. The number of hydrogen-bond acceptors (Lipinski definition) is 3. The van der Waals surface area contributed by atoms with Gasteiger partial charge in [0.05, 0.1) is 18.6 Å². The maximum absolute atomic E-state index is 12.4. The van der Waals surface area contributed by atoms with Gasteiger partial charge in [-0.05, 0) is 125 Å². The topological polar surface area (TPSA) is 63.6 Å². The van der Waals surface area contributed by atoms with Crippen LogP contribution >= 0.6 is 0 Å². The molecule has 228 valence electrons. The Morgan fingerprint density at radius 2 is 1.57 bits per heavy atom. The van der Waals surface area contributed by atoms with E-state index >= 15 is 0 Å². The van der Waals surface area contributed by atoms with Crippen molar-refractivity contribution in [1.29, 1.82) is 0 Å². The van der Waals surface area contributed by atoms with Gasteiger partial charge >= 0.3 is 11.9 Å². The number of carboxylic acids is 1. The van der Waals surface area contributed by atoms with Crippen LogP contribution in [0.1, 0.15) is 116 Å². The molecule has 3 fully saturated rings. The molecule has 0 heterocycles. The zero-order chi connectivity index (χ0) is 30.5. The molecule has 0 radical (unpaired) electrons. The molecule has 0 bridgehead atoms. The Hall–Kier alpha value is -2.36. The molecule has 0 amide bonds. The van der Waals surface area contributed by atoms with Crippen LogP contribution in [0.25, 0.3) is 5.57 Å². The molecule has 6 rings (SSSR count). The SMILES string of the molecule is COC(=O)c1ccc(C2=CC[C@]3(C)[C@H]4CC=C5[C@H]6CC(C)(C)C[C@@H](C(=O)O)[C@H]6CC[C@@]5(C)[C@]4(C)CC[C@H]3C2(C)C)cc1. The van der Waals surface area contributed by atoms with Crippen LogP contribution in [0.15, 0.2) is 42.0 Å². The number of aliphatic carboxylic acids is 1. The van der Waals surface area contributed by atoms with Crippen molar-refractivity contribution in [3.05, 3.63) is 53.1 Å². The predicted molar refractivity (Wildman–Crippen MR) is 168 cm³/mol. The van der Waals surface area contributed by atoms with Gasteiger partial charge in [-0.15, -0.1) is 0 Å². The second kappa shape index (κ2) is 9.57. The molecular formula is C38H52O4. The molecule has 4 nitrogen and oxygen atoms in total. The van der Waals surface area contributed by atoms with E-state index in [2.05, 4.69) is 72.8 Å². The van der Waals surface area contributed by atoms with Crippen LogP contribution in [-0.4, -0.2) is 24.2 Å². The lowest BCUT2D eigenvalue weighted by Gasteiger charge is -2.70. The number of esters is 1. The molecule has 0 aliphatic heterocycles. The third-order valence-electron chi connectivity index (χ3n) is 14.0. The Bertz CT molecular complexity index is 1350. The minimum absolute atomic E-state index is 0.0196. The summed E-state index contributed by atoms with van der Waals surface area (Å²) < 4.78 is 4.92. The van der Waals surface area contributed by atoms with Crippen molar-refractivity contribution in [3.63, 3.8) is 0 Å². The first-order chi connectivity index (χ1) is 19.6. The van der Waals surface area contributed by atoms with Crippen LogP contribution in [-0.2, 0) is 9.53 Å². The van der Waals surface area contributed by atoms with Gasteiger partial charge < -0.3 is 9.84 Å².